The Kier molecular flexibility index (Phi) is 3.54. The molecule has 0 bridgehead atoms. The zero-order valence-electron chi connectivity index (χ0n) is 7.99. The van der Waals surface area contributed by atoms with Crippen LogP contribution in [0.2, 0.25) is 0 Å². The number of hydrazine groups is 1. The van der Waals surface area contributed by atoms with Crippen molar-refractivity contribution in [2.45, 2.75) is 0 Å². The van der Waals surface area contributed by atoms with E-state index in [1.807, 2.05) is 5.43 Å². The van der Waals surface area contributed by atoms with Gasteiger partial charge in [-0.05, 0) is 24.3 Å². The summed E-state index contributed by atoms with van der Waals surface area (Å²) in [6.45, 7) is 0. The van der Waals surface area contributed by atoms with Gasteiger partial charge in [-0.2, -0.15) is 0 Å². The number of benzene rings is 1. The first-order valence-electron chi connectivity index (χ1n) is 4.16. The predicted octanol–water partition coefficient (Wildman–Crippen LogP) is -0.928. The number of carbonyl (C=O) groups excluding carboxylic acids is 3. The fourth-order valence-corrected chi connectivity index (χ4v) is 0.849. The van der Waals surface area contributed by atoms with E-state index in [0.29, 0.717) is 0 Å². The van der Waals surface area contributed by atoms with Crippen molar-refractivity contribution in [1.29, 1.82) is 0 Å². The topological polar surface area (TPSA) is 101 Å². The van der Waals surface area contributed by atoms with Crippen molar-refractivity contribution in [2.75, 3.05) is 0 Å². The summed E-state index contributed by atoms with van der Waals surface area (Å²) in [4.78, 5) is 32.3. The monoisotopic (exact) mass is 225 g/mol. The van der Waals surface area contributed by atoms with E-state index in [-0.39, 0.29) is 5.56 Å². The van der Waals surface area contributed by atoms with Crippen molar-refractivity contribution < 1.29 is 18.8 Å². The molecule has 0 aliphatic carbocycles. The van der Waals surface area contributed by atoms with E-state index in [1.54, 1.807) is 5.43 Å². The zero-order chi connectivity index (χ0) is 12.1. The third-order valence-electron chi connectivity index (χ3n) is 1.62. The van der Waals surface area contributed by atoms with Gasteiger partial charge in [0, 0.05) is 5.56 Å². The summed E-state index contributed by atoms with van der Waals surface area (Å²) in [5.41, 5.74) is 8.49. The van der Waals surface area contributed by atoms with E-state index in [2.05, 4.69) is 5.73 Å². The molecule has 0 aliphatic rings. The molecule has 16 heavy (non-hydrogen) atoms. The molecule has 0 heterocycles. The summed E-state index contributed by atoms with van der Waals surface area (Å²) in [5.74, 6) is -3.54. The molecule has 0 atom stereocenters. The van der Waals surface area contributed by atoms with Gasteiger partial charge in [0.05, 0.1) is 0 Å². The van der Waals surface area contributed by atoms with Crippen LogP contribution in [0.15, 0.2) is 24.3 Å². The lowest BCUT2D eigenvalue weighted by atomic mass is 10.2. The lowest BCUT2D eigenvalue weighted by Gasteiger charge is -2.04. The summed E-state index contributed by atoms with van der Waals surface area (Å²) >= 11 is 0. The van der Waals surface area contributed by atoms with E-state index in [0.717, 1.165) is 12.1 Å². The van der Waals surface area contributed by atoms with Crippen molar-refractivity contribution in [3.63, 3.8) is 0 Å². The first kappa shape index (κ1) is 11.6. The Labute approximate surface area is 89.6 Å². The molecule has 0 fully saturated rings. The Balaban J connectivity index is 2.56. The van der Waals surface area contributed by atoms with Crippen molar-refractivity contribution in [3.05, 3.63) is 35.6 Å². The molecule has 4 N–H and O–H groups in total. The molecule has 3 amide bonds. The summed E-state index contributed by atoms with van der Waals surface area (Å²) in [5, 5.41) is 0. The van der Waals surface area contributed by atoms with E-state index in [4.69, 9.17) is 0 Å². The second kappa shape index (κ2) is 4.87. The van der Waals surface area contributed by atoms with Crippen LogP contribution >= 0.6 is 0 Å². The maximum Gasteiger partial charge on any atom is 0.327 e. The highest BCUT2D eigenvalue weighted by Crippen LogP contribution is 2.01. The molecule has 1 aromatic carbocycles. The van der Waals surface area contributed by atoms with E-state index in [9.17, 15) is 18.8 Å². The second-order valence-corrected chi connectivity index (χ2v) is 2.78. The number of hydrogen-bond acceptors (Lipinski definition) is 3. The minimum absolute atomic E-state index is 0.131. The first-order chi connectivity index (χ1) is 7.50. The smallest absolute Gasteiger partial charge is 0.327 e. The number of amides is 3. The second-order valence-electron chi connectivity index (χ2n) is 2.78. The Morgan fingerprint density at radius 3 is 2.12 bits per heavy atom. The third kappa shape index (κ3) is 3.05. The number of hydrogen-bond donors (Lipinski definition) is 3. The highest BCUT2D eigenvalue weighted by atomic mass is 19.1. The molecule has 7 heteroatoms. The van der Waals surface area contributed by atoms with Crippen LogP contribution in [0, 0.1) is 5.82 Å². The molecule has 0 saturated heterocycles. The molecule has 6 nitrogen and oxygen atoms in total. The van der Waals surface area contributed by atoms with Crippen LogP contribution in [0.4, 0.5) is 4.39 Å². The van der Waals surface area contributed by atoms with E-state index >= 15 is 0 Å². The van der Waals surface area contributed by atoms with E-state index in [1.165, 1.54) is 12.1 Å². The molecule has 1 aromatic rings. The largest absolute Gasteiger partial charge is 0.361 e. The SMILES string of the molecule is NC(=O)C(=O)NNC(=O)c1ccc(F)cc1. The maximum absolute atomic E-state index is 12.5. The number of rotatable bonds is 1. The highest BCUT2D eigenvalue weighted by Gasteiger charge is 2.10. The van der Waals surface area contributed by atoms with Gasteiger partial charge in [0.25, 0.3) is 5.91 Å². The van der Waals surface area contributed by atoms with Crippen molar-refractivity contribution in [2.24, 2.45) is 5.73 Å². The van der Waals surface area contributed by atoms with Crippen LogP contribution in [0.5, 0.6) is 0 Å². The number of nitrogens with two attached hydrogens (primary N) is 1. The lowest BCUT2D eigenvalue weighted by Crippen LogP contribution is -2.47. The van der Waals surface area contributed by atoms with Gasteiger partial charge >= 0.3 is 11.8 Å². The Morgan fingerprint density at radius 1 is 1.06 bits per heavy atom. The standard InChI is InChI=1S/C9H8FN3O3/c10-6-3-1-5(2-4-6)8(15)12-13-9(16)7(11)14/h1-4H,(H2,11,14)(H,12,15)(H,13,16). The van der Waals surface area contributed by atoms with Gasteiger partial charge in [0.2, 0.25) is 0 Å². The van der Waals surface area contributed by atoms with Crippen LogP contribution in [0.3, 0.4) is 0 Å². The molecule has 0 radical (unpaired) electrons. The summed E-state index contributed by atoms with van der Waals surface area (Å²) in [6.07, 6.45) is 0. The normalized spacial score (nSPS) is 9.31. The Bertz CT molecular complexity index is 430. The quantitative estimate of drug-likeness (QED) is 0.425. The van der Waals surface area contributed by atoms with Crippen molar-refractivity contribution in [1.82, 2.24) is 10.9 Å². The Hall–Kier alpha value is -2.44. The average molecular weight is 225 g/mol. The zero-order valence-corrected chi connectivity index (χ0v) is 7.99. The number of nitrogens with one attached hydrogen (secondary N) is 2. The van der Waals surface area contributed by atoms with Crippen LogP contribution in [0.25, 0.3) is 0 Å². The Morgan fingerprint density at radius 2 is 1.62 bits per heavy atom. The van der Waals surface area contributed by atoms with Crippen molar-refractivity contribution in [3.8, 4) is 0 Å². The molecule has 0 aliphatic heterocycles. The first-order valence-corrected chi connectivity index (χ1v) is 4.16. The minimum Gasteiger partial charge on any atom is -0.361 e. The third-order valence-corrected chi connectivity index (χ3v) is 1.62. The molecule has 84 valence electrons. The van der Waals surface area contributed by atoms with Gasteiger partial charge in [-0.25, -0.2) is 4.39 Å². The van der Waals surface area contributed by atoms with Gasteiger partial charge < -0.3 is 5.73 Å². The number of carbonyl (C=O) groups is 3. The van der Waals surface area contributed by atoms with Gasteiger partial charge in [0.15, 0.2) is 0 Å². The average Bonchev–Trinajstić information content (AvgIpc) is 2.26. The molecule has 0 aromatic heterocycles. The van der Waals surface area contributed by atoms with Crippen LogP contribution < -0.4 is 16.6 Å². The summed E-state index contributed by atoms with van der Waals surface area (Å²) in [6, 6.07) is 4.62. The number of halogens is 1. The maximum atomic E-state index is 12.5. The van der Waals surface area contributed by atoms with Gasteiger partial charge in [-0.3, -0.25) is 25.2 Å². The molecular formula is C9H8FN3O3. The molecule has 0 unspecified atom stereocenters. The van der Waals surface area contributed by atoms with Crippen LogP contribution in [-0.2, 0) is 9.59 Å². The molecular weight excluding hydrogens is 217 g/mol. The fraction of sp³-hybridized carbons (Fsp3) is 0. The van der Waals surface area contributed by atoms with E-state index < -0.39 is 23.5 Å². The lowest BCUT2D eigenvalue weighted by molar-refractivity contribution is -0.137. The van der Waals surface area contributed by atoms with Gasteiger partial charge in [-0.15, -0.1) is 0 Å². The summed E-state index contributed by atoms with van der Waals surface area (Å²) < 4.78 is 12.5. The minimum atomic E-state index is -1.22. The van der Waals surface area contributed by atoms with Crippen molar-refractivity contribution >= 4 is 17.7 Å². The van der Waals surface area contributed by atoms with Gasteiger partial charge in [-0.1, -0.05) is 0 Å². The van der Waals surface area contributed by atoms with Gasteiger partial charge in [0.1, 0.15) is 5.82 Å². The summed E-state index contributed by atoms with van der Waals surface area (Å²) in [7, 11) is 0. The highest BCUT2D eigenvalue weighted by molar-refractivity contribution is 6.34. The fourth-order valence-electron chi connectivity index (χ4n) is 0.849. The molecule has 0 saturated carbocycles. The predicted molar refractivity (Wildman–Crippen MR) is 51.2 cm³/mol. The number of primary amides is 1. The molecule has 1 rings (SSSR count). The van der Waals surface area contributed by atoms with Crippen LogP contribution in [-0.4, -0.2) is 17.7 Å². The van der Waals surface area contributed by atoms with Crippen LogP contribution in [0.1, 0.15) is 10.4 Å². The molecule has 0 spiro atoms.